The minimum absolute atomic E-state index is 0.0654. The van der Waals surface area contributed by atoms with Gasteiger partial charge in [0.15, 0.2) is 0 Å². The van der Waals surface area contributed by atoms with Crippen LogP contribution >= 0.6 is 0 Å². The van der Waals surface area contributed by atoms with Crippen LogP contribution in [0.25, 0.3) is 0 Å². The summed E-state index contributed by atoms with van der Waals surface area (Å²) in [6.07, 6.45) is -0.686. The zero-order valence-electron chi connectivity index (χ0n) is 8.57. The predicted octanol–water partition coefficient (Wildman–Crippen LogP) is 3.14. The zero-order chi connectivity index (χ0) is 11.7. The van der Waals surface area contributed by atoms with Crippen LogP contribution in [0.1, 0.15) is 34.7 Å². The van der Waals surface area contributed by atoms with Crippen molar-refractivity contribution in [2.24, 2.45) is 5.92 Å². The van der Waals surface area contributed by atoms with Gasteiger partial charge in [0.05, 0.1) is 5.56 Å². The Labute approximate surface area is 91.9 Å². The number of carboxylic acid groups (broad SMARTS) is 1. The molecule has 1 N–H and O–H groups in total. The molecule has 1 saturated carbocycles. The van der Waals surface area contributed by atoms with E-state index in [2.05, 4.69) is 0 Å². The van der Waals surface area contributed by atoms with Gasteiger partial charge in [-0.3, -0.25) is 0 Å². The molecule has 4 heteroatoms. The van der Waals surface area contributed by atoms with E-state index in [0.29, 0.717) is 5.56 Å². The fourth-order valence-electron chi connectivity index (χ4n) is 1.93. The van der Waals surface area contributed by atoms with Crippen molar-refractivity contribution in [1.82, 2.24) is 0 Å². The first-order valence-electron chi connectivity index (χ1n) is 5.21. The maximum atomic E-state index is 12.8. The van der Waals surface area contributed by atoms with Crippen molar-refractivity contribution in [3.63, 3.8) is 0 Å². The van der Waals surface area contributed by atoms with Crippen molar-refractivity contribution in [2.45, 2.75) is 25.2 Å². The fraction of sp³-hybridized carbons (Fsp3) is 0.417. The van der Waals surface area contributed by atoms with Gasteiger partial charge in [-0.25, -0.2) is 13.6 Å². The molecule has 86 valence electrons. The smallest absolute Gasteiger partial charge is 0.335 e. The normalized spacial score (nSPS) is 17.4. The number of carboxylic acids is 1. The molecule has 0 spiro atoms. The molecule has 0 bridgehead atoms. The van der Waals surface area contributed by atoms with Crippen LogP contribution in [0, 0.1) is 5.92 Å². The molecule has 1 unspecified atom stereocenters. The summed E-state index contributed by atoms with van der Waals surface area (Å²) in [7, 11) is 0. The van der Waals surface area contributed by atoms with E-state index < -0.39 is 18.3 Å². The molecule has 1 aromatic carbocycles. The monoisotopic (exact) mass is 226 g/mol. The van der Waals surface area contributed by atoms with Gasteiger partial charge in [-0.2, -0.15) is 0 Å². The summed E-state index contributed by atoms with van der Waals surface area (Å²) in [6.45, 7) is 0. The van der Waals surface area contributed by atoms with Gasteiger partial charge in [-0.1, -0.05) is 12.1 Å². The molecule has 0 radical (unpaired) electrons. The Morgan fingerprint density at radius 1 is 1.25 bits per heavy atom. The van der Waals surface area contributed by atoms with Gasteiger partial charge in [0.2, 0.25) is 6.43 Å². The van der Waals surface area contributed by atoms with Crippen molar-refractivity contribution in [2.75, 3.05) is 0 Å². The number of carbonyl (C=O) groups is 1. The molecule has 1 aliphatic rings. The minimum atomic E-state index is -2.37. The van der Waals surface area contributed by atoms with Gasteiger partial charge in [-0.05, 0) is 36.5 Å². The average molecular weight is 226 g/mol. The number of alkyl halides is 2. The predicted molar refractivity (Wildman–Crippen MR) is 54.9 cm³/mol. The Bertz CT molecular complexity index is 381. The summed E-state index contributed by atoms with van der Waals surface area (Å²) in [5, 5.41) is 8.70. The third kappa shape index (κ3) is 2.21. The molecule has 1 aliphatic carbocycles. The highest BCUT2D eigenvalue weighted by atomic mass is 19.3. The first kappa shape index (κ1) is 11.0. The fourth-order valence-corrected chi connectivity index (χ4v) is 1.93. The lowest BCUT2D eigenvalue weighted by Gasteiger charge is -2.15. The summed E-state index contributed by atoms with van der Waals surface area (Å²) in [5.74, 6) is -1.70. The van der Waals surface area contributed by atoms with Crippen LogP contribution < -0.4 is 0 Å². The molecule has 2 rings (SSSR count). The standard InChI is InChI=1S/C12H12F2O2/c13-11(14)10(7-1-2-7)8-3-5-9(6-4-8)12(15)16/h3-7,10-11H,1-2H2,(H,15,16). The van der Waals surface area contributed by atoms with Crippen molar-refractivity contribution >= 4 is 5.97 Å². The molecule has 1 fully saturated rings. The second kappa shape index (κ2) is 4.20. The number of hydrogen-bond donors (Lipinski definition) is 1. The van der Waals surface area contributed by atoms with Gasteiger partial charge >= 0.3 is 5.97 Å². The molecule has 0 aliphatic heterocycles. The Morgan fingerprint density at radius 2 is 1.81 bits per heavy atom. The maximum Gasteiger partial charge on any atom is 0.335 e. The van der Waals surface area contributed by atoms with E-state index in [1.54, 1.807) is 0 Å². The van der Waals surface area contributed by atoms with Gasteiger partial charge in [-0.15, -0.1) is 0 Å². The first-order valence-corrected chi connectivity index (χ1v) is 5.21. The van der Waals surface area contributed by atoms with Crippen LogP contribution in [0.2, 0.25) is 0 Å². The second-order valence-corrected chi connectivity index (χ2v) is 4.12. The molecule has 0 heterocycles. The minimum Gasteiger partial charge on any atom is -0.478 e. The molecule has 2 nitrogen and oxygen atoms in total. The molecule has 0 amide bonds. The van der Waals surface area contributed by atoms with Crippen molar-refractivity contribution in [1.29, 1.82) is 0 Å². The van der Waals surface area contributed by atoms with E-state index in [1.165, 1.54) is 24.3 Å². The molecular weight excluding hydrogens is 214 g/mol. The SMILES string of the molecule is O=C(O)c1ccc(C(C(F)F)C2CC2)cc1. The lowest BCUT2D eigenvalue weighted by molar-refractivity contribution is 0.0697. The summed E-state index contributed by atoms with van der Waals surface area (Å²) in [5.41, 5.74) is 0.676. The number of aromatic carboxylic acids is 1. The lowest BCUT2D eigenvalue weighted by atomic mass is 9.94. The lowest BCUT2D eigenvalue weighted by Crippen LogP contribution is -2.11. The van der Waals surface area contributed by atoms with Gasteiger partial charge in [0.1, 0.15) is 0 Å². The molecule has 16 heavy (non-hydrogen) atoms. The highest BCUT2D eigenvalue weighted by molar-refractivity contribution is 5.87. The molecule has 0 saturated heterocycles. The Morgan fingerprint density at radius 3 is 2.19 bits per heavy atom. The third-order valence-electron chi connectivity index (χ3n) is 2.94. The largest absolute Gasteiger partial charge is 0.478 e. The van der Waals surface area contributed by atoms with E-state index in [4.69, 9.17) is 5.11 Å². The van der Waals surface area contributed by atoms with E-state index in [0.717, 1.165) is 12.8 Å². The summed E-state index contributed by atoms with van der Waals surface area (Å²) < 4.78 is 25.6. The molecule has 0 aromatic heterocycles. The number of benzene rings is 1. The van der Waals surface area contributed by atoms with Crippen molar-refractivity contribution in [3.8, 4) is 0 Å². The van der Waals surface area contributed by atoms with Crippen LogP contribution in [0.3, 0.4) is 0 Å². The molecular formula is C12H12F2O2. The van der Waals surface area contributed by atoms with E-state index >= 15 is 0 Å². The highest BCUT2D eigenvalue weighted by Crippen LogP contribution is 2.45. The van der Waals surface area contributed by atoms with Crippen LogP contribution in [0.5, 0.6) is 0 Å². The second-order valence-electron chi connectivity index (χ2n) is 4.12. The quantitative estimate of drug-likeness (QED) is 0.856. The van der Waals surface area contributed by atoms with Gasteiger partial charge in [0, 0.05) is 5.92 Å². The number of hydrogen-bond acceptors (Lipinski definition) is 1. The van der Waals surface area contributed by atoms with Crippen molar-refractivity contribution in [3.05, 3.63) is 35.4 Å². The Hall–Kier alpha value is -1.45. The summed E-state index contributed by atoms with van der Waals surface area (Å²) in [4.78, 5) is 10.6. The van der Waals surface area contributed by atoms with Gasteiger partial charge in [0.25, 0.3) is 0 Å². The highest BCUT2D eigenvalue weighted by Gasteiger charge is 2.38. The van der Waals surface area contributed by atoms with E-state index in [1.807, 2.05) is 0 Å². The summed E-state index contributed by atoms with van der Waals surface area (Å²) >= 11 is 0. The first-order chi connectivity index (χ1) is 7.59. The zero-order valence-corrected chi connectivity index (χ0v) is 8.57. The average Bonchev–Trinajstić information content (AvgIpc) is 3.02. The van der Waals surface area contributed by atoms with Crippen LogP contribution in [0.15, 0.2) is 24.3 Å². The van der Waals surface area contributed by atoms with Gasteiger partial charge < -0.3 is 5.11 Å². The Kier molecular flexibility index (Phi) is 2.90. The topological polar surface area (TPSA) is 37.3 Å². The van der Waals surface area contributed by atoms with E-state index in [-0.39, 0.29) is 11.5 Å². The van der Waals surface area contributed by atoms with Crippen molar-refractivity contribution < 1.29 is 18.7 Å². The number of halogens is 2. The number of rotatable bonds is 4. The maximum absolute atomic E-state index is 12.8. The third-order valence-corrected chi connectivity index (χ3v) is 2.94. The van der Waals surface area contributed by atoms with Crippen LogP contribution in [-0.2, 0) is 0 Å². The molecule has 1 atom stereocenters. The van der Waals surface area contributed by atoms with E-state index in [9.17, 15) is 13.6 Å². The molecule has 1 aromatic rings. The van der Waals surface area contributed by atoms with Crippen LogP contribution in [0.4, 0.5) is 8.78 Å². The van der Waals surface area contributed by atoms with Crippen LogP contribution in [-0.4, -0.2) is 17.5 Å². The Balaban J connectivity index is 2.21. The summed E-state index contributed by atoms with van der Waals surface area (Å²) in [6, 6.07) is 5.77.